The minimum Gasteiger partial charge on any atom is -0.466 e. The van der Waals surface area contributed by atoms with Crippen molar-refractivity contribution in [3.8, 4) is 0 Å². The number of nitrogens with one attached hydrogen (secondary N) is 1. The number of aliphatic hydroxyl groups is 2. The summed E-state index contributed by atoms with van der Waals surface area (Å²) >= 11 is 0. The molecule has 6 heteroatoms. The van der Waals surface area contributed by atoms with Crippen molar-refractivity contribution in [3.63, 3.8) is 0 Å². The van der Waals surface area contributed by atoms with Crippen molar-refractivity contribution in [2.75, 3.05) is 13.2 Å². The molecule has 0 aromatic rings. The van der Waals surface area contributed by atoms with Gasteiger partial charge in [0.25, 0.3) is 0 Å². The van der Waals surface area contributed by atoms with E-state index in [1.54, 1.807) is 6.08 Å². The zero-order valence-electron chi connectivity index (χ0n) is 51.3. The van der Waals surface area contributed by atoms with Gasteiger partial charge >= 0.3 is 5.97 Å². The highest BCUT2D eigenvalue weighted by Gasteiger charge is 2.18. The molecule has 0 saturated heterocycles. The van der Waals surface area contributed by atoms with Gasteiger partial charge in [0.05, 0.1) is 25.4 Å². The second kappa shape index (κ2) is 65.6. The molecule has 0 bridgehead atoms. The second-order valence-electron chi connectivity index (χ2n) is 23.5. The lowest BCUT2D eigenvalue weighted by Crippen LogP contribution is -2.45. The molecule has 2 atom stereocenters. The van der Waals surface area contributed by atoms with E-state index in [-0.39, 0.29) is 18.5 Å². The quantitative estimate of drug-likeness (QED) is 0.0320. The van der Waals surface area contributed by atoms with Crippen LogP contribution >= 0.6 is 0 Å². The summed E-state index contributed by atoms with van der Waals surface area (Å²) in [5.41, 5.74) is 0. The van der Waals surface area contributed by atoms with Crippen LogP contribution in [0.5, 0.6) is 0 Å². The zero-order valence-corrected chi connectivity index (χ0v) is 51.3. The van der Waals surface area contributed by atoms with E-state index in [0.29, 0.717) is 19.4 Å². The molecule has 0 radical (unpaired) electrons. The second-order valence-corrected chi connectivity index (χ2v) is 23.5. The fraction of sp³-hybridized carbons (Fsp3) is 0.886. The Morgan fingerprint density at radius 1 is 0.368 bits per heavy atom. The van der Waals surface area contributed by atoms with Crippen molar-refractivity contribution in [3.05, 3.63) is 36.5 Å². The molecule has 0 rings (SSSR count). The number of esters is 1. The number of hydrogen-bond donors (Lipinski definition) is 3. The van der Waals surface area contributed by atoms with Crippen LogP contribution in [0.3, 0.4) is 0 Å². The topological polar surface area (TPSA) is 95.9 Å². The minimum atomic E-state index is -0.841. The number of amides is 1. The Kier molecular flexibility index (Phi) is 63.9. The Balaban J connectivity index is 3.37. The van der Waals surface area contributed by atoms with E-state index in [1.165, 1.54) is 302 Å². The van der Waals surface area contributed by atoms with Crippen LogP contribution in [0.15, 0.2) is 36.5 Å². The average molecular weight is 1070 g/mol. The van der Waals surface area contributed by atoms with E-state index in [2.05, 4.69) is 43.5 Å². The summed E-state index contributed by atoms with van der Waals surface area (Å²) in [4.78, 5) is 24.5. The van der Waals surface area contributed by atoms with E-state index >= 15 is 0 Å². The van der Waals surface area contributed by atoms with Gasteiger partial charge in [-0.2, -0.15) is 0 Å². The fourth-order valence-electron chi connectivity index (χ4n) is 10.7. The van der Waals surface area contributed by atoms with E-state index < -0.39 is 12.1 Å². The van der Waals surface area contributed by atoms with Crippen LogP contribution in [0.2, 0.25) is 0 Å². The van der Waals surface area contributed by atoms with Gasteiger partial charge in [-0.3, -0.25) is 9.59 Å². The number of carbonyl (C=O) groups is 2. The first-order valence-corrected chi connectivity index (χ1v) is 34.3. The zero-order chi connectivity index (χ0) is 55.0. The fourth-order valence-corrected chi connectivity index (χ4v) is 10.7. The lowest BCUT2D eigenvalue weighted by atomic mass is 10.0. The van der Waals surface area contributed by atoms with Crippen LogP contribution in [-0.4, -0.2) is 47.4 Å². The van der Waals surface area contributed by atoms with Gasteiger partial charge in [-0.1, -0.05) is 333 Å². The molecule has 0 aliphatic rings. The SMILES string of the molecule is CCCCCCCCCCCC/C=C/C(O)C(CO)NC(=O)CCCCCCCCCCCCCCCCCCC/C=C\C/C=C\CCCCCCCCCCCCCOC(=O)CCCCCCCCCCCCCC. The molecule has 0 fully saturated rings. The molecule has 0 aliphatic carbocycles. The Labute approximate surface area is 474 Å². The number of rotatable bonds is 64. The minimum absolute atomic E-state index is 0.0174. The molecule has 448 valence electrons. The lowest BCUT2D eigenvalue weighted by Gasteiger charge is -2.20. The monoisotopic (exact) mass is 1070 g/mol. The average Bonchev–Trinajstić information content (AvgIpc) is 3.42. The number of aliphatic hydroxyl groups excluding tert-OH is 2. The molecule has 3 N–H and O–H groups in total. The summed E-state index contributed by atoms with van der Waals surface area (Å²) in [7, 11) is 0. The van der Waals surface area contributed by atoms with E-state index in [1.807, 2.05) is 6.08 Å². The van der Waals surface area contributed by atoms with Gasteiger partial charge in [-0.15, -0.1) is 0 Å². The van der Waals surface area contributed by atoms with Crippen LogP contribution in [0.1, 0.15) is 373 Å². The van der Waals surface area contributed by atoms with Crippen molar-refractivity contribution < 1.29 is 24.5 Å². The van der Waals surface area contributed by atoms with Crippen LogP contribution in [0, 0.1) is 0 Å². The predicted molar refractivity (Wildman–Crippen MR) is 333 cm³/mol. The Bertz CT molecular complexity index is 1230. The van der Waals surface area contributed by atoms with Gasteiger partial charge in [-0.25, -0.2) is 0 Å². The maximum absolute atomic E-state index is 12.4. The molecule has 76 heavy (non-hydrogen) atoms. The molecular weight excluding hydrogens is 935 g/mol. The first kappa shape index (κ1) is 74.1. The highest BCUT2D eigenvalue weighted by atomic mass is 16.5. The van der Waals surface area contributed by atoms with Gasteiger partial charge in [0.2, 0.25) is 5.91 Å². The molecule has 1 amide bonds. The molecule has 0 saturated carbocycles. The Hall–Kier alpha value is -1.92. The van der Waals surface area contributed by atoms with Gasteiger partial charge in [-0.05, 0) is 64.2 Å². The summed E-state index contributed by atoms with van der Waals surface area (Å²) in [6.07, 6.45) is 83.7. The summed E-state index contributed by atoms with van der Waals surface area (Å²) in [6.45, 7) is 4.91. The van der Waals surface area contributed by atoms with E-state index in [0.717, 1.165) is 44.9 Å². The largest absolute Gasteiger partial charge is 0.466 e. The van der Waals surface area contributed by atoms with Crippen LogP contribution in [0.4, 0.5) is 0 Å². The standard InChI is InChI=1S/C70H133NO5/c1-3-5-7-9-11-13-15-42-46-50-54-58-62-68(73)67(66-72)71-69(74)63-59-55-51-47-43-40-38-36-34-32-30-28-26-24-22-20-18-17-19-21-23-25-27-29-31-33-35-37-39-41-45-49-53-57-61-65-76-70(75)64-60-56-52-48-44-16-14-12-10-8-6-4-2/h19,21,25,27,58,62,67-68,72-73H,3-18,20,22-24,26,28-57,59-61,63-66H2,1-2H3,(H,71,74)/b21-19-,27-25-,62-58+. The predicted octanol–water partition coefficient (Wildman–Crippen LogP) is 21.9. The van der Waals surface area contributed by atoms with Gasteiger partial charge in [0.15, 0.2) is 0 Å². The van der Waals surface area contributed by atoms with Gasteiger partial charge in [0.1, 0.15) is 0 Å². The van der Waals surface area contributed by atoms with Crippen molar-refractivity contribution in [2.45, 2.75) is 386 Å². The summed E-state index contributed by atoms with van der Waals surface area (Å²) in [5.74, 6) is -0.0477. The molecule has 6 nitrogen and oxygen atoms in total. The third-order valence-electron chi connectivity index (χ3n) is 15.9. The van der Waals surface area contributed by atoms with Gasteiger partial charge in [0, 0.05) is 12.8 Å². The maximum Gasteiger partial charge on any atom is 0.305 e. The number of hydrogen-bond acceptors (Lipinski definition) is 5. The highest BCUT2D eigenvalue weighted by molar-refractivity contribution is 5.76. The Morgan fingerprint density at radius 2 is 0.658 bits per heavy atom. The molecule has 0 aromatic carbocycles. The van der Waals surface area contributed by atoms with Crippen LogP contribution in [0.25, 0.3) is 0 Å². The third-order valence-corrected chi connectivity index (χ3v) is 15.9. The normalized spacial score (nSPS) is 12.7. The van der Waals surface area contributed by atoms with E-state index in [9.17, 15) is 19.8 Å². The molecular formula is C70H133NO5. The van der Waals surface area contributed by atoms with Crippen molar-refractivity contribution in [2.24, 2.45) is 0 Å². The number of ether oxygens (including phenoxy) is 1. The smallest absolute Gasteiger partial charge is 0.305 e. The summed E-state index contributed by atoms with van der Waals surface area (Å²) in [5, 5.41) is 23.1. The molecule has 0 aliphatic heterocycles. The van der Waals surface area contributed by atoms with Crippen molar-refractivity contribution in [1.29, 1.82) is 0 Å². The number of carbonyl (C=O) groups excluding carboxylic acids is 2. The maximum atomic E-state index is 12.4. The molecule has 0 aromatic heterocycles. The number of unbranched alkanes of at least 4 members (excludes halogenated alkanes) is 49. The summed E-state index contributed by atoms with van der Waals surface area (Å²) in [6, 6.07) is -0.625. The highest BCUT2D eigenvalue weighted by Crippen LogP contribution is 2.18. The third kappa shape index (κ3) is 61.3. The first-order valence-electron chi connectivity index (χ1n) is 34.3. The van der Waals surface area contributed by atoms with Crippen LogP contribution < -0.4 is 5.32 Å². The molecule has 2 unspecified atom stereocenters. The number of allylic oxidation sites excluding steroid dienone is 5. The molecule has 0 heterocycles. The molecule has 0 spiro atoms. The van der Waals surface area contributed by atoms with E-state index in [4.69, 9.17) is 4.74 Å². The lowest BCUT2D eigenvalue weighted by molar-refractivity contribution is -0.143. The Morgan fingerprint density at radius 3 is 1.00 bits per heavy atom. The van der Waals surface area contributed by atoms with Gasteiger partial charge < -0.3 is 20.3 Å². The van der Waals surface area contributed by atoms with Crippen molar-refractivity contribution in [1.82, 2.24) is 5.32 Å². The summed E-state index contributed by atoms with van der Waals surface area (Å²) < 4.78 is 5.48. The van der Waals surface area contributed by atoms with Crippen LogP contribution in [-0.2, 0) is 14.3 Å². The van der Waals surface area contributed by atoms with Crippen molar-refractivity contribution >= 4 is 11.9 Å². The first-order chi connectivity index (χ1) is 37.5.